The number of allylic oxidation sites excluding steroid dienone is 2. The highest BCUT2D eigenvalue weighted by atomic mass is 14.1. The van der Waals surface area contributed by atoms with Crippen molar-refractivity contribution in [2.75, 3.05) is 0 Å². The summed E-state index contributed by atoms with van der Waals surface area (Å²) in [6.07, 6.45) is 5.34. The SMILES string of the molecule is C/C=C\CC.CC.CC.c1ccc2c(c1)cc(-c1ccc3cc(-c4cc5ccccc5c5ccccc45)ccc3c1)c1ccccc12. The summed E-state index contributed by atoms with van der Waals surface area (Å²) < 4.78 is 0. The van der Waals surface area contributed by atoms with Gasteiger partial charge < -0.3 is 0 Å². The van der Waals surface area contributed by atoms with E-state index in [4.69, 9.17) is 0 Å². The summed E-state index contributed by atoms with van der Waals surface area (Å²) in [4.78, 5) is 0. The molecule has 0 atom stereocenters. The summed E-state index contributed by atoms with van der Waals surface area (Å²) in [5.41, 5.74) is 5.07. The maximum Gasteiger partial charge on any atom is -0.00988 e. The van der Waals surface area contributed by atoms with E-state index in [9.17, 15) is 0 Å². The molecule has 0 heterocycles. The molecule has 0 aliphatic rings. The van der Waals surface area contributed by atoms with Crippen molar-refractivity contribution in [1.82, 2.24) is 0 Å². The fourth-order valence-corrected chi connectivity index (χ4v) is 6.40. The normalized spacial score (nSPS) is 10.8. The average Bonchev–Trinajstić information content (AvgIpc) is 3.16. The molecule has 8 aromatic carbocycles. The standard InChI is InChI=1S/C38H24.C5H10.2C2H6/c1-3-11-31-27(9-1)23-37(35-15-7-5-13-33(31)35)29-19-17-26-22-30(20-18-25(26)21-29)38-24-28-10-2-4-12-32(28)34-14-6-8-16-36(34)38;1-3-5-4-2;2*1-2/h1-24H;3,5H,4H2,1-2H3;2*1-2H3/b;5-3-;;. The molecule has 8 aromatic rings. The third kappa shape index (κ3) is 6.83. The van der Waals surface area contributed by atoms with Gasteiger partial charge in [-0.1, -0.05) is 168 Å². The highest BCUT2D eigenvalue weighted by Crippen LogP contribution is 2.38. The minimum atomic E-state index is 1.16. The van der Waals surface area contributed by atoms with Gasteiger partial charge >= 0.3 is 0 Å². The van der Waals surface area contributed by atoms with Crippen molar-refractivity contribution < 1.29 is 0 Å². The Balaban J connectivity index is 0.000000437. The topological polar surface area (TPSA) is 0 Å². The number of rotatable bonds is 3. The van der Waals surface area contributed by atoms with Gasteiger partial charge in [-0.25, -0.2) is 0 Å². The Morgan fingerprint density at radius 1 is 0.383 bits per heavy atom. The number of benzene rings is 8. The zero-order valence-electron chi connectivity index (χ0n) is 28.7. The predicted molar refractivity (Wildman–Crippen MR) is 213 cm³/mol. The fourth-order valence-electron chi connectivity index (χ4n) is 6.40. The molecule has 0 N–H and O–H groups in total. The molecule has 47 heavy (non-hydrogen) atoms. The molecule has 0 saturated carbocycles. The Hall–Kier alpha value is -5.20. The third-order valence-corrected chi connectivity index (χ3v) is 8.47. The summed E-state index contributed by atoms with van der Waals surface area (Å²) in [6, 6.07) is 53.4. The van der Waals surface area contributed by atoms with Crippen molar-refractivity contribution in [3.05, 3.63) is 158 Å². The van der Waals surface area contributed by atoms with Crippen LogP contribution in [0.2, 0.25) is 0 Å². The molecule has 0 saturated heterocycles. The molecular formula is C47H46. The van der Waals surface area contributed by atoms with Crippen LogP contribution in [0.25, 0.3) is 76.1 Å². The van der Waals surface area contributed by atoms with Crippen LogP contribution in [0.4, 0.5) is 0 Å². The molecule has 0 heteroatoms. The molecule has 0 fully saturated rings. The number of fused-ring (bicyclic) bond motifs is 7. The van der Waals surface area contributed by atoms with Gasteiger partial charge in [0, 0.05) is 0 Å². The molecule has 0 aliphatic heterocycles. The van der Waals surface area contributed by atoms with Gasteiger partial charge in [-0.3, -0.25) is 0 Å². The van der Waals surface area contributed by atoms with E-state index in [1.54, 1.807) is 0 Å². The molecular weight excluding hydrogens is 565 g/mol. The van der Waals surface area contributed by atoms with E-state index in [1.807, 2.05) is 34.6 Å². The average molecular weight is 611 g/mol. The van der Waals surface area contributed by atoms with Gasteiger partial charge in [0.1, 0.15) is 0 Å². The summed E-state index contributed by atoms with van der Waals surface area (Å²) in [6.45, 7) is 12.2. The lowest BCUT2D eigenvalue weighted by atomic mass is 9.90. The van der Waals surface area contributed by atoms with Crippen molar-refractivity contribution in [3.8, 4) is 22.3 Å². The highest BCUT2D eigenvalue weighted by molar-refractivity contribution is 6.15. The summed E-state index contributed by atoms with van der Waals surface area (Å²) >= 11 is 0. The number of hydrogen-bond donors (Lipinski definition) is 0. The van der Waals surface area contributed by atoms with E-state index < -0.39 is 0 Å². The van der Waals surface area contributed by atoms with Crippen LogP contribution in [0.1, 0.15) is 48.0 Å². The van der Waals surface area contributed by atoms with Gasteiger partial charge in [0.15, 0.2) is 0 Å². The first-order chi connectivity index (χ1) is 23.2. The zero-order chi connectivity index (χ0) is 33.2. The Morgan fingerprint density at radius 2 is 0.745 bits per heavy atom. The largest absolute Gasteiger partial charge is 0.0917 e. The minimum absolute atomic E-state index is 1.16. The minimum Gasteiger partial charge on any atom is -0.0917 e. The lowest BCUT2D eigenvalue weighted by molar-refractivity contribution is 1.22. The monoisotopic (exact) mass is 610 g/mol. The molecule has 0 spiro atoms. The molecule has 0 bridgehead atoms. The zero-order valence-corrected chi connectivity index (χ0v) is 28.7. The maximum atomic E-state index is 2.34. The van der Waals surface area contributed by atoms with Crippen LogP contribution < -0.4 is 0 Å². The van der Waals surface area contributed by atoms with Crippen LogP contribution in [-0.4, -0.2) is 0 Å². The molecule has 234 valence electrons. The van der Waals surface area contributed by atoms with Gasteiger partial charge in [-0.15, -0.1) is 0 Å². The summed E-state index contributed by atoms with van der Waals surface area (Å²) in [5.74, 6) is 0. The van der Waals surface area contributed by atoms with Gasteiger partial charge in [0.2, 0.25) is 0 Å². The third-order valence-electron chi connectivity index (χ3n) is 8.47. The molecule has 0 unspecified atom stereocenters. The quantitative estimate of drug-likeness (QED) is 0.138. The van der Waals surface area contributed by atoms with Crippen molar-refractivity contribution in [2.45, 2.75) is 48.0 Å². The van der Waals surface area contributed by atoms with Gasteiger partial charge in [-0.2, -0.15) is 0 Å². The van der Waals surface area contributed by atoms with Crippen LogP contribution in [0.15, 0.2) is 158 Å². The Labute approximate surface area is 281 Å². The van der Waals surface area contributed by atoms with Gasteiger partial charge in [-0.05, 0) is 114 Å². The second-order valence-corrected chi connectivity index (χ2v) is 11.1. The molecule has 0 nitrogen and oxygen atoms in total. The van der Waals surface area contributed by atoms with Crippen molar-refractivity contribution in [2.24, 2.45) is 0 Å². The van der Waals surface area contributed by atoms with E-state index in [1.165, 1.54) is 76.1 Å². The first kappa shape index (κ1) is 33.2. The molecule has 0 radical (unpaired) electrons. The first-order valence-corrected chi connectivity index (χ1v) is 17.2. The fraction of sp³-hybridized carbons (Fsp3) is 0.149. The van der Waals surface area contributed by atoms with Crippen molar-refractivity contribution >= 4 is 53.9 Å². The first-order valence-electron chi connectivity index (χ1n) is 17.2. The molecule has 0 aromatic heterocycles. The smallest absolute Gasteiger partial charge is 0.00988 e. The highest BCUT2D eigenvalue weighted by Gasteiger charge is 2.11. The van der Waals surface area contributed by atoms with Crippen LogP contribution in [-0.2, 0) is 0 Å². The Kier molecular flexibility index (Phi) is 11.2. The van der Waals surface area contributed by atoms with Crippen LogP contribution in [0.3, 0.4) is 0 Å². The second-order valence-electron chi connectivity index (χ2n) is 11.1. The molecule has 0 amide bonds. The van der Waals surface area contributed by atoms with Crippen molar-refractivity contribution in [1.29, 1.82) is 0 Å². The van der Waals surface area contributed by atoms with E-state index >= 15 is 0 Å². The summed E-state index contributed by atoms with van der Waals surface area (Å²) in [7, 11) is 0. The van der Waals surface area contributed by atoms with Crippen LogP contribution in [0, 0.1) is 0 Å². The van der Waals surface area contributed by atoms with E-state index in [0.29, 0.717) is 0 Å². The molecule has 8 rings (SSSR count). The lowest BCUT2D eigenvalue weighted by Crippen LogP contribution is -1.87. The Morgan fingerprint density at radius 3 is 1.11 bits per heavy atom. The second kappa shape index (κ2) is 15.9. The summed E-state index contributed by atoms with van der Waals surface area (Å²) in [5, 5.41) is 12.9. The Bertz CT molecular complexity index is 2130. The van der Waals surface area contributed by atoms with E-state index in [0.717, 1.165) is 6.42 Å². The van der Waals surface area contributed by atoms with Crippen molar-refractivity contribution in [3.63, 3.8) is 0 Å². The predicted octanol–water partition coefficient (Wildman–Crippen LogP) is 14.8. The lowest BCUT2D eigenvalue weighted by Gasteiger charge is -2.13. The van der Waals surface area contributed by atoms with Gasteiger partial charge in [0.05, 0.1) is 0 Å². The van der Waals surface area contributed by atoms with Crippen LogP contribution in [0.5, 0.6) is 0 Å². The van der Waals surface area contributed by atoms with Gasteiger partial charge in [0.25, 0.3) is 0 Å². The maximum absolute atomic E-state index is 2.34. The molecule has 0 aliphatic carbocycles. The number of hydrogen-bond acceptors (Lipinski definition) is 0. The van der Waals surface area contributed by atoms with E-state index in [2.05, 4.69) is 165 Å². The van der Waals surface area contributed by atoms with E-state index in [-0.39, 0.29) is 0 Å². The van der Waals surface area contributed by atoms with Crippen LogP contribution >= 0.6 is 0 Å².